The second kappa shape index (κ2) is 13.7. The van der Waals surface area contributed by atoms with E-state index in [0.29, 0.717) is 27.6 Å². The third kappa shape index (κ3) is 8.15. The lowest BCUT2D eigenvalue weighted by atomic mass is 10.2. The number of sulfonamides is 1. The highest BCUT2D eigenvalue weighted by molar-refractivity contribution is 7.92. The first-order valence-corrected chi connectivity index (χ1v) is 14.4. The van der Waals surface area contributed by atoms with E-state index in [1.807, 2.05) is 0 Å². The Bertz CT molecular complexity index is 1680. The van der Waals surface area contributed by atoms with Crippen molar-refractivity contribution < 1.29 is 27.1 Å². The molecule has 42 heavy (non-hydrogen) atoms. The second-order valence-corrected chi connectivity index (χ2v) is 11.3. The minimum Gasteiger partial charge on any atom is -0.484 e. The lowest BCUT2D eigenvalue weighted by Gasteiger charge is -2.25. The monoisotopic (exact) mass is 608 g/mol. The molecule has 0 radical (unpaired) electrons. The summed E-state index contributed by atoms with van der Waals surface area (Å²) < 4.78 is 46.4. The smallest absolute Gasteiger partial charge is 0.264 e. The van der Waals surface area contributed by atoms with Crippen LogP contribution in [0, 0.1) is 12.7 Å². The van der Waals surface area contributed by atoms with Crippen LogP contribution < -0.4 is 19.8 Å². The van der Waals surface area contributed by atoms with Crippen LogP contribution in [0.15, 0.2) is 107 Å². The first-order chi connectivity index (χ1) is 20.1. The van der Waals surface area contributed by atoms with Crippen molar-refractivity contribution >= 4 is 51.0 Å². The first kappa shape index (κ1) is 30.2. The van der Waals surface area contributed by atoms with E-state index in [9.17, 15) is 22.4 Å². The zero-order valence-electron chi connectivity index (χ0n) is 22.3. The number of hydrogen-bond donors (Lipinski definition) is 2. The molecular formula is C30H26ClFN4O5S. The van der Waals surface area contributed by atoms with Gasteiger partial charge in [0.2, 0.25) is 0 Å². The minimum absolute atomic E-state index is 0.0240. The number of carbonyl (C=O) groups excluding carboxylic acids is 2. The summed E-state index contributed by atoms with van der Waals surface area (Å²) in [5.41, 5.74) is 4.30. The fraction of sp³-hybridized carbons (Fsp3) is 0.100. The maximum atomic E-state index is 13.5. The topological polar surface area (TPSA) is 117 Å². The molecule has 0 aromatic heterocycles. The van der Waals surface area contributed by atoms with E-state index in [1.54, 1.807) is 61.5 Å². The van der Waals surface area contributed by atoms with Crippen LogP contribution in [0.4, 0.5) is 15.8 Å². The van der Waals surface area contributed by atoms with Crippen LogP contribution in [-0.4, -0.2) is 39.6 Å². The van der Waals surface area contributed by atoms with Crippen LogP contribution in [0.1, 0.15) is 11.1 Å². The van der Waals surface area contributed by atoms with Crippen molar-refractivity contribution in [3.8, 4) is 5.75 Å². The van der Waals surface area contributed by atoms with E-state index in [4.69, 9.17) is 16.3 Å². The molecule has 0 saturated heterocycles. The van der Waals surface area contributed by atoms with Gasteiger partial charge in [0.05, 0.1) is 16.8 Å². The molecule has 12 heteroatoms. The number of carbonyl (C=O) groups is 2. The highest BCUT2D eigenvalue weighted by atomic mass is 35.5. The van der Waals surface area contributed by atoms with Crippen LogP contribution in [0.25, 0.3) is 0 Å². The van der Waals surface area contributed by atoms with E-state index in [-0.39, 0.29) is 17.2 Å². The number of nitrogens with one attached hydrogen (secondary N) is 2. The molecule has 216 valence electrons. The van der Waals surface area contributed by atoms with Crippen molar-refractivity contribution in [2.24, 2.45) is 5.10 Å². The Morgan fingerprint density at radius 2 is 1.64 bits per heavy atom. The molecule has 2 amide bonds. The molecule has 0 bridgehead atoms. The number of halogens is 2. The van der Waals surface area contributed by atoms with E-state index in [0.717, 1.165) is 4.31 Å². The summed E-state index contributed by atoms with van der Waals surface area (Å²) in [6, 6.07) is 24.5. The van der Waals surface area contributed by atoms with Crippen molar-refractivity contribution in [2.45, 2.75) is 11.8 Å². The van der Waals surface area contributed by atoms with E-state index in [2.05, 4.69) is 15.8 Å². The predicted octanol–water partition coefficient (Wildman–Crippen LogP) is 5.15. The van der Waals surface area contributed by atoms with Crippen LogP contribution in [0.3, 0.4) is 0 Å². The number of hydrazone groups is 1. The maximum Gasteiger partial charge on any atom is 0.264 e. The van der Waals surface area contributed by atoms with Crippen molar-refractivity contribution in [1.82, 2.24) is 5.43 Å². The molecule has 4 aromatic carbocycles. The normalized spacial score (nSPS) is 11.2. The summed E-state index contributed by atoms with van der Waals surface area (Å²) >= 11 is 6.14. The summed E-state index contributed by atoms with van der Waals surface area (Å²) in [5, 5.41) is 6.86. The highest BCUT2D eigenvalue weighted by Gasteiger charge is 2.28. The van der Waals surface area contributed by atoms with E-state index >= 15 is 0 Å². The van der Waals surface area contributed by atoms with Gasteiger partial charge in [-0.3, -0.25) is 13.9 Å². The lowest BCUT2D eigenvalue weighted by Crippen LogP contribution is -2.40. The van der Waals surface area contributed by atoms with Gasteiger partial charge in [0, 0.05) is 10.7 Å². The Balaban J connectivity index is 1.36. The fourth-order valence-electron chi connectivity index (χ4n) is 3.74. The van der Waals surface area contributed by atoms with Crippen molar-refractivity contribution in [2.75, 3.05) is 22.8 Å². The van der Waals surface area contributed by atoms with Crippen molar-refractivity contribution in [3.63, 3.8) is 0 Å². The number of ether oxygens (including phenoxy) is 1. The van der Waals surface area contributed by atoms with Gasteiger partial charge < -0.3 is 10.1 Å². The Labute approximate surface area is 247 Å². The molecule has 0 aliphatic rings. The molecule has 0 heterocycles. The van der Waals surface area contributed by atoms with Crippen molar-refractivity contribution in [1.29, 1.82) is 0 Å². The molecule has 0 atom stereocenters. The highest BCUT2D eigenvalue weighted by Crippen LogP contribution is 2.29. The van der Waals surface area contributed by atoms with E-state index < -0.39 is 34.2 Å². The van der Waals surface area contributed by atoms with Gasteiger partial charge in [0.15, 0.2) is 6.61 Å². The number of anilines is 2. The minimum atomic E-state index is -4.10. The van der Waals surface area contributed by atoms with Gasteiger partial charge in [-0.15, -0.1) is 0 Å². The summed E-state index contributed by atoms with van der Waals surface area (Å²) in [4.78, 5) is 24.9. The Kier molecular flexibility index (Phi) is 9.89. The molecule has 4 aromatic rings. The zero-order valence-corrected chi connectivity index (χ0v) is 23.9. The largest absolute Gasteiger partial charge is 0.484 e. The molecule has 9 nitrogen and oxygen atoms in total. The van der Waals surface area contributed by atoms with Crippen LogP contribution >= 0.6 is 11.6 Å². The van der Waals surface area contributed by atoms with Crippen molar-refractivity contribution in [3.05, 3.63) is 119 Å². The number of rotatable bonds is 11. The molecule has 0 aliphatic heterocycles. The SMILES string of the molecule is Cc1ccc(Cl)cc1N(CC(=O)N/N=C\c1ccc(OCC(=O)Nc2ccc(F)cc2)cc1)S(=O)(=O)c1ccccc1. The van der Waals surface area contributed by atoms with Gasteiger partial charge in [0.1, 0.15) is 18.1 Å². The average Bonchev–Trinajstić information content (AvgIpc) is 2.98. The molecule has 0 fully saturated rings. The quantitative estimate of drug-likeness (QED) is 0.180. The molecule has 4 rings (SSSR count). The third-order valence-electron chi connectivity index (χ3n) is 5.84. The Morgan fingerprint density at radius 3 is 2.33 bits per heavy atom. The summed E-state index contributed by atoms with van der Waals surface area (Å²) in [6.07, 6.45) is 1.38. The molecular weight excluding hydrogens is 583 g/mol. The predicted molar refractivity (Wildman–Crippen MR) is 160 cm³/mol. The third-order valence-corrected chi connectivity index (χ3v) is 7.85. The fourth-order valence-corrected chi connectivity index (χ4v) is 5.41. The standard InChI is InChI=1S/C30H26ClFN4O5S/c1-21-7-10-23(31)17-28(21)36(42(39,40)27-5-3-2-4-6-27)19-29(37)35-33-18-22-8-15-26(16-9-22)41-20-30(38)34-25-13-11-24(32)12-14-25/h2-18H,19-20H2,1H3,(H,34,38)(H,35,37)/b33-18-. The van der Waals surface area contributed by atoms with Gasteiger partial charge in [-0.25, -0.2) is 18.2 Å². The maximum absolute atomic E-state index is 13.5. The van der Waals surface area contributed by atoms with Gasteiger partial charge >= 0.3 is 0 Å². The van der Waals surface area contributed by atoms with Crippen LogP contribution in [0.5, 0.6) is 5.75 Å². The first-order valence-electron chi connectivity index (χ1n) is 12.6. The molecule has 2 N–H and O–H groups in total. The molecule has 0 spiro atoms. The number of benzene rings is 4. The average molecular weight is 609 g/mol. The lowest BCUT2D eigenvalue weighted by molar-refractivity contribution is -0.119. The number of aryl methyl sites for hydroxylation is 1. The molecule has 0 saturated carbocycles. The number of amides is 2. The summed E-state index contributed by atoms with van der Waals surface area (Å²) in [6.45, 7) is 0.929. The zero-order chi connectivity index (χ0) is 30.1. The summed E-state index contributed by atoms with van der Waals surface area (Å²) in [7, 11) is -4.10. The van der Waals surface area contributed by atoms with Crippen LogP contribution in [-0.2, 0) is 19.6 Å². The molecule has 0 aliphatic carbocycles. The molecule has 0 unspecified atom stereocenters. The van der Waals surface area contributed by atoms with Crippen LogP contribution in [0.2, 0.25) is 5.02 Å². The number of nitrogens with zero attached hydrogens (tertiary/aromatic N) is 2. The summed E-state index contributed by atoms with van der Waals surface area (Å²) in [5.74, 6) is -1.06. The Morgan fingerprint density at radius 1 is 0.952 bits per heavy atom. The van der Waals surface area contributed by atoms with Gasteiger partial charge in [-0.1, -0.05) is 35.9 Å². The van der Waals surface area contributed by atoms with E-state index in [1.165, 1.54) is 48.7 Å². The Hall–Kier alpha value is -4.74. The van der Waals surface area contributed by atoms with Gasteiger partial charge in [0.25, 0.3) is 21.8 Å². The van der Waals surface area contributed by atoms with Gasteiger partial charge in [-0.05, 0) is 90.8 Å². The van der Waals surface area contributed by atoms with Gasteiger partial charge in [-0.2, -0.15) is 5.10 Å². The number of hydrogen-bond acceptors (Lipinski definition) is 6. The second-order valence-electron chi connectivity index (χ2n) is 8.96.